The highest BCUT2D eigenvalue weighted by molar-refractivity contribution is 5.58. The van der Waals surface area contributed by atoms with Crippen molar-refractivity contribution >= 4 is 11.6 Å². The van der Waals surface area contributed by atoms with Crippen LogP contribution in [0, 0.1) is 24.2 Å². The van der Waals surface area contributed by atoms with E-state index in [4.69, 9.17) is 11.1 Å². The van der Waals surface area contributed by atoms with E-state index in [2.05, 4.69) is 40.2 Å². The number of nitriles is 1. The van der Waals surface area contributed by atoms with Gasteiger partial charge in [-0.2, -0.15) is 5.26 Å². The topological polar surface area (TPSA) is 90.9 Å². The first kappa shape index (κ1) is 16.2. The largest absolute Gasteiger partial charge is 0.355 e. The van der Waals surface area contributed by atoms with E-state index in [1.54, 1.807) is 0 Å². The van der Waals surface area contributed by atoms with Crippen LogP contribution in [-0.2, 0) is 6.42 Å². The summed E-state index contributed by atoms with van der Waals surface area (Å²) in [6.45, 7) is 9.78. The molecule has 0 bridgehead atoms. The molecule has 0 aliphatic heterocycles. The van der Waals surface area contributed by atoms with Crippen molar-refractivity contribution in [1.29, 1.82) is 5.26 Å². The van der Waals surface area contributed by atoms with Gasteiger partial charge in [0.15, 0.2) is 0 Å². The minimum absolute atomic E-state index is 0.475. The average Bonchev–Trinajstić information content (AvgIpc) is 2.43. The SMILES string of the molecule is CCc1nc(NN)c(C)c(N(CCC#N)CC(C)C)n1. The normalized spacial score (nSPS) is 10.4. The third kappa shape index (κ3) is 4.07. The molecule has 0 amide bonds. The number of aromatic nitrogens is 2. The highest BCUT2D eigenvalue weighted by Gasteiger charge is 2.16. The van der Waals surface area contributed by atoms with Gasteiger partial charge >= 0.3 is 0 Å². The fourth-order valence-corrected chi connectivity index (χ4v) is 2.07. The smallest absolute Gasteiger partial charge is 0.148 e. The molecule has 0 saturated carbocycles. The minimum Gasteiger partial charge on any atom is -0.355 e. The summed E-state index contributed by atoms with van der Waals surface area (Å²) in [5, 5.41) is 8.83. The lowest BCUT2D eigenvalue weighted by Crippen LogP contribution is -2.31. The Morgan fingerprint density at radius 1 is 1.40 bits per heavy atom. The number of nitrogen functional groups attached to an aromatic ring is 1. The monoisotopic (exact) mass is 276 g/mol. The van der Waals surface area contributed by atoms with Crippen LogP contribution < -0.4 is 16.2 Å². The van der Waals surface area contributed by atoms with Crippen LogP contribution in [0.4, 0.5) is 11.6 Å². The fraction of sp³-hybridized carbons (Fsp3) is 0.643. The van der Waals surface area contributed by atoms with Gasteiger partial charge in [0.25, 0.3) is 0 Å². The molecule has 0 spiro atoms. The Morgan fingerprint density at radius 3 is 2.60 bits per heavy atom. The molecule has 1 rings (SSSR count). The molecule has 3 N–H and O–H groups in total. The Balaban J connectivity index is 3.19. The molecule has 0 fully saturated rings. The summed E-state index contributed by atoms with van der Waals surface area (Å²) >= 11 is 0. The highest BCUT2D eigenvalue weighted by Crippen LogP contribution is 2.24. The number of hydrogen-bond acceptors (Lipinski definition) is 6. The predicted molar refractivity (Wildman–Crippen MR) is 81.2 cm³/mol. The number of rotatable bonds is 7. The summed E-state index contributed by atoms with van der Waals surface area (Å²) < 4.78 is 0. The number of nitrogens with zero attached hydrogens (tertiary/aromatic N) is 4. The van der Waals surface area contributed by atoms with E-state index in [1.165, 1.54) is 0 Å². The Kier molecular flexibility index (Phi) is 6.19. The first-order valence-corrected chi connectivity index (χ1v) is 6.99. The maximum Gasteiger partial charge on any atom is 0.148 e. The molecule has 6 nitrogen and oxygen atoms in total. The number of anilines is 2. The fourth-order valence-electron chi connectivity index (χ4n) is 2.07. The molecular weight excluding hydrogens is 252 g/mol. The molecular formula is C14H24N6. The van der Waals surface area contributed by atoms with Crippen molar-refractivity contribution in [1.82, 2.24) is 9.97 Å². The van der Waals surface area contributed by atoms with Gasteiger partial charge in [-0.25, -0.2) is 15.8 Å². The van der Waals surface area contributed by atoms with Crippen LogP contribution in [0.15, 0.2) is 0 Å². The van der Waals surface area contributed by atoms with Crippen LogP contribution in [0.3, 0.4) is 0 Å². The van der Waals surface area contributed by atoms with E-state index in [-0.39, 0.29) is 0 Å². The molecule has 0 unspecified atom stereocenters. The second-order valence-corrected chi connectivity index (χ2v) is 5.18. The molecule has 0 aliphatic rings. The van der Waals surface area contributed by atoms with Crippen LogP contribution >= 0.6 is 0 Å². The number of nitrogens with two attached hydrogens (primary N) is 1. The van der Waals surface area contributed by atoms with Crippen molar-refractivity contribution in [3.63, 3.8) is 0 Å². The Morgan fingerprint density at radius 2 is 2.10 bits per heavy atom. The molecule has 0 aromatic carbocycles. The van der Waals surface area contributed by atoms with Gasteiger partial charge in [0.05, 0.1) is 12.5 Å². The van der Waals surface area contributed by atoms with Gasteiger partial charge in [0.2, 0.25) is 0 Å². The first-order valence-electron chi connectivity index (χ1n) is 6.99. The van der Waals surface area contributed by atoms with Crippen LogP contribution in [-0.4, -0.2) is 23.1 Å². The number of aryl methyl sites for hydroxylation is 1. The summed E-state index contributed by atoms with van der Waals surface area (Å²) in [5.74, 6) is 8.30. The minimum atomic E-state index is 0.475. The van der Waals surface area contributed by atoms with Gasteiger partial charge in [-0.3, -0.25) is 0 Å². The van der Waals surface area contributed by atoms with Crippen LogP contribution in [0.25, 0.3) is 0 Å². The number of hydrogen-bond donors (Lipinski definition) is 2. The lowest BCUT2D eigenvalue weighted by Gasteiger charge is -2.27. The van der Waals surface area contributed by atoms with Crippen LogP contribution in [0.2, 0.25) is 0 Å². The van der Waals surface area contributed by atoms with Gasteiger partial charge in [-0.05, 0) is 12.8 Å². The Bertz CT molecular complexity index is 477. The Hall–Kier alpha value is -1.87. The van der Waals surface area contributed by atoms with Crippen LogP contribution in [0.5, 0.6) is 0 Å². The average molecular weight is 276 g/mol. The molecule has 1 aromatic rings. The maximum atomic E-state index is 8.83. The summed E-state index contributed by atoms with van der Waals surface area (Å²) in [4.78, 5) is 11.1. The molecule has 6 heteroatoms. The van der Waals surface area contributed by atoms with E-state index in [0.717, 1.165) is 30.2 Å². The number of nitrogens with one attached hydrogen (secondary N) is 1. The summed E-state index contributed by atoms with van der Waals surface area (Å²) in [7, 11) is 0. The Labute approximate surface area is 121 Å². The van der Waals surface area contributed by atoms with Crippen LogP contribution in [0.1, 0.15) is 38.6 Å². The molecule has 1 heterocycles. The molecule has 0 saturated heterocycles. The third-order valence-corrected chi connectivity index (χ3v) is 3.00. The highest BCUT2D eigenvalue weighted by atomic mass is 15.3. The second-order valence-electron chi connectivity index (χ2n) is 5.18. The molecule has 110 valence electrons. The zero-order chi connectivity index (χ0) is 15.1. The zero-order valence-electron chi connectivity index (χ0n) is 12.8. The third-order valence-electron chi connectivity index (χ3n) is 3.00. The molecule has 1 aromatic heterocycles. The van der Waals surface area contributed by atoms with E-state index in [0.29, 0.717) is 24.7 Å². The van der Waals surface area contributed by atoms with E-state index in [1.807, 2.05) is 13.8 Å². The van der Waals surface area contributed by atoms with Gasteiger partial charge in [0.1, 0.15) is 17.5 Å². The molecule has 0 atom stereocenters. The van der Waals surface area contributed by atoms with Gasteiger partial charge < -0.3 is 10.3 Å². The first-order chi connectivity index (χ1) is 9.53. The van der Waals surface area contributed by atoms with Crippen molar-refractivity contribution in [3.05, 3.63) is 11.4 Å². The lowest BCUT2D eigenvalue weighted by atomic mass is 10.2. The lowest BCUT2D eigenvalue weighted by molar-refractivity contribution is 0.605. The molecule has 20 heavy (non-hydrogen) atoms. The van der Waals surface area contributed by atoms with Crippen molar-refractivity contribution in [2.75, 3.05) is 23.4 Å². The maximum absolute atomic E-state index is 8.83. The summed E-state index contributed by atoms with van der Waals surface area (Å²) in [6, 6.07) is 2.19. The van der Waals surface area contributed by atoms with E-state index >= 15 is 0 Å². The van der Waals surface area contributed by atoms with Crippen molar-refractivity contribution in [3.8, 4) is 6.07 Å². The molecule has 0 aliphatic carbocycles. The second kappa shape index (κ2) is 7.65. The van der Waals surface area contributed by atoms with Crippen molar-refractivity contribution in [2.45, 2.75) is 40.5 Å². The zero-order valence-corrected chi connectivity index (χ0v) is 12.8. The van der Waals surface area contributed by atoms with Crippen molar-refractivity contribution < 1.29 is 0 Å². The van der Waals surface area contributed by atoms with E-state index < -0.39 is 0 Å². The summed E-state index contributed by atoms with van der Waals surface area (Å²) in [5.41, 5.74) is 3.55. The standard InChI is InChI=1S/C14H24N6/c1-5-12-17-13(19-16)11(4)14(18-12)20(8-6-7-15)9-10(2)3/h10H,5-6,8-9,16H2,1-4H3,(H,17,18,19). The van der Waals surface area contributed by atoms with Gasteiger partial charge in [-0.1, -0.05) is 20.8 Å². The van der Waals surface area contributed by atoms with Gasteiger partial charge in [0, 0.05) is 25.1 Å². The van der Waals surface area contributed by atoms with Gasteiger partial charge in [-0.15, -0.1) is 0 Å². The quantitative estimate of drug-likeness (QED) is 0.585. The molecule has 0 radical (unpaired) electrons. The summed E-state index contributed by atoms with van der Waals surface area (Å²) in [6.07, 6.45) is 1.22. The number of hydrazine groups is 1. The predicted octanol–water partition coefficient (Wildman–Crippen LogP) is 2.01. The van der Waals surface area contributed by atoms with E-state index in [9.17, 15) is 0 Å². The van der Waals surface area contributed by atoms with Crippen molar-refractivity contribution in [2.24, 2.45) is 11.8 Å².